The molecule has 6 rings (SSSR count). The van der Waals surface area contributed by atoms with Gasteiger partial charge >= 0.3 is 0 Å². The first kappa shape index (κ1) is 51.8. The number of carbonyl (C=O) groups is 4. The normalized spacial score (nSPS) is 15.9. The molecule has 0 aliphatic carbocycles. The van der Waals surface area contributed by atoms with Crippen LogP contribution in [0.25, 0.3) is 33.3 Å². The minimum Gasteiger partial charge on any atom is -0.508 e. The van der Waals surface area contributed by atoms with Gasteiger partial charge in [-0.1, -0.05) is 57.9 Å². The molecule has 2 aromatic carbocycles. The number of ether oxygens (including phenoxy) is 2. The van der Waals surface area contributed by atoms with Crippen LogP contribution in [0.1, 0.15) is 97.1 Å². The second-order valence-electron chi connectivity index (χ2n) is 18.3. The van der Waals surface area contributed by atoms with Gasteiger partial charge in [-0.05, 0) is 123 Å². The van der Waals surface area contributed by atoms with Crippen molar-refractivity contribution >= 4 is 47.5 Å². The van der Waals surface area contributed by atoms with Crippen molar-refractivity contribution in [3.8, 4) is 28.1 Å². The number of aromatic hydroxyl groups is 1. The summed E-state index contributed by atoms with van der Waals surface area (Å²) in [7, 11) is 3.22. The van der Waals surface area contributed by atoms with Crippen LogP contribution in [-0.4, -0.2) is 113 Å². The summed E-state index contributed by atoms with van der Waals surface area (Å²) in [6.45, 7) is 19.1. The van der Waals surface area contributed by atoms with E-state index in [1.165, 1.54) is 30.8 Å². The molecule has 3 N–H and O–H groups in total. The monoisotopic (exact) mass is 926 g/mol. The van der Waals surface area contributed by atoms with E-state index in [4.69, 9.17) is 14.5 Å². The molecule has 14 nitrogen and oxygen atoms in total. The van der Waals surface area contributed by atoms with E-state index in [0.29, 0.717) is 44.5 Å². The fourth-order valence-corrected chi connectivity index (χ4v) is 9.70. The number of aromatic nitrogens is 2. The van der Waals surface area contributed by atoms with E-state index < -0.39 is 23.4 Å². The maximum Gasteiger partial charge on any atom is 0.293 e. The van der Waals surface area contributed by atoms with Crippen molar-refractivity contribution in [2.75, 3.05) is 46.9 Å². The molecular weight excluding hydrogens is 855 g/mol. The number of allylic oxidation sites excluding steroid dienone is 1. The molecule has 4 aromatic rings. The molecule has 2 aliphatic rings. The van der Waals surface area contributed by atoms with Gasteiger partial charge in [0.2, 0.25) is 12.3 Å². The Morgan fingerprint density at radius 1 is 1.03 bits per heavy atom. The molecule has 0 bridgehead atoms. The second kappa shape index (κ2) is 24.5. The van der Waals surface area contributed by atoms with Gasteiger partial charge in [0.05, 0.1) is 24.1 Å². The number of nitrogens with zero attached hydrogens (tertiary/aromatic N) is 5. The lowest BCUT2D eigenvalue weighted by Crippen LogP contribution is -2.58. The number of pyridine rings is 1. The summed E-state index contributed by atoms with van der Waals surface area (Å²) in [6.07, 6.45) is 9.42. The molecule has 0 spiro atoms. The molecule has 0 radical (unpaired) electrons. The van der Waals surface area contributed by atoms with Gasteiger partial charge in [0, 0.05) is 81.4 Å². The number of phenols is 1. The average molecular weight is 926 g/mol. The lowest BCUT2D eigenvalue weighted by molar-refractivity contribution is -0.142. The Morgan fingerprint density at radius 2 is 1.77 bits per heavy atom. The van der Waals surface area contributed by atoms with Gasteiger partial charge in [-0.15, -0.1) is 0 Å². The minimum absolute atomic E-state index is 0.0182. The van der Waals surface area contributed by atoms with E-state index in [9.17, 15) is 24.3 Å². The number of fused-ring (bicyclic) bond motifs is 1. The topological polar surface area (TPSA) is 159 Å². The standard InChI is InChI=1S/C44H58N6O7.C7H13NS/c1-9-49-38-15-14-31(23-35(38)36(24-44(5,6)25-57-27-52)41(49)34-13-12-16-45-39(34)29(4)56-8)32-19-30(20-33(53)22-32)21-37(43(55)50-18-11-10-17-46-50)47-42(54)40(28(2)3)48(7)26-51;1-2-7-9-8-5-3-4-6-8/h12-16,19-20,22-23,26-29,37,40,46,53H,9-11,17-18,21,24-25H2,1-8H3,(H,47,54);2,7H,3-6H2,1H3/b;7-2+. The van der Waals surface area contributed by atoms with E-state index >= 15 is 0 Å². The zero-order valence-corrected chi connectivity index (χ0v) is 41.2. The molecule has 2 aromatic heterocycles. The number of methoxy groups -OCH3 is 1. The highest BCUT2D eigenvalue weighted by molar-refractivity contribution is 7.99. The van der Waals surface area contributed by atoms with Crippen LogP contribution >= 0.6 is 11.9 Å². The molecule has 15 heteroatoms. The number of likely N-dealkylation sites (N-methyl/N-ethyl adjacent to an activating group) is 1. The molecule has 3 amide bonds. The molecule has 3 atom stereocenters. The van der Waals surface area contributed by atoms with Crippen molar-refractivity contribution < 1.29 is 33.8 Å². The van der Waals surface area contributed by atoms with Gasteiger partial charge in [-0.3, -0.25) is 29.2 Å². The van der Waals surface area contributed by atoms with Crippen LogP contribution < -0.4 is 10.7 Å². The third kappa shape index (κ3) is 13.2. The molecule has 2 fully saturated rings. The average Bonchev–Trinajstić information content (AvgIpc) is 3.95. The summed E-state index contributed by atoms with van der Waals surface area (Å²) in [4.78, 5) is 56.7. The van der Waals surface area contributed by atoms with E-state index in [1.807, 2.05) is 50.9 Å². The molecule has 0 saturated carbocycles. The van der Waals surface area contributed by atoms with Crippen molar-refractivity contribution in [1.82, 2.24) is 34.5 Å². The highest BCUT2D eigenvalue weighted by Crippen LogP contribution is 2.42. The predicted molar refractivity (Wildman–Crippen MR) is 263 cm³/mol. The number of phenolic OH excluding ortho intramolecular Hbond substituents is 1. The van der Waals surface area contributed by atoms with E-state index in [-0.39, 0.29) is 36.7 Å². The summed E-state index contributed by atoms with van der Waals surface area (Å²) in [6, 6.07) is 13.7. The zero-order valence-electron chi connectivity index (χ0n) is 40.3. The first-order valence-corrected chi connectivity index (χ1v) is 24.1. The number of rotatable bonds is 20. The molecule has 358 valence electrons. The molecule has 3 unspecified atom stereocenters. The molecule has 2 saturated heterocycles. The second-order valence-corrected chi connectivity index (χ2v) is 19.3. The summed E-state index contributed by atoms with van der Waals surface area (Å²) < 4.78 is 15.7. The summed E-state index contributed by atoms with van der Waals surface area (Å²) in [5.74, 6) is -0.898. The minimum atomic E-state index is -0.965. The van der Waals surface area contributed by atoms with Gasteiger partial charge in [-0.25, -0.2) is 9.73 Å². The largest absolute Gasteiger partial charge is 0.508 e. The summed E-state index contributed by atoms with van der Waals surface area (Å²) in [5, 5.41) is 18.8. The summed E-state index contributed by atoms with van der Waals surface area (Å²) in [5.41, 5.74) is 9.82. The van der Waals surface area contributed by atoms with Crippen LogP contribution in [0.4, 0.5) is 0 Å². The van der Waals surface area contributed by atoms with Crippen molar-refractivity contribution in [3.63, 3.8) is 0 Å². The highest BCUT2D eigenvalue weighted by Gasteiger charge is 2.33. The molecule has 2 aliphatic heterocycles. The summed E-state index contributed by atoms with van der Waals surface area (Å²) >= 11 is 1.84. The fraction of sp³-hybridized carbons (Fsp3) is 0.510. The van der Waals surface area contributed by atoms with Gasteiger partial charge in [0.25, 0.3) is 12.4 Å². The van der Waals surface area contributed by atoms with Crippen molar-refractivity contribution in [2.24, 2.45) is 11.3 Å². The predicted octanol–water partition coefficient (Wildman–Crippen LogP) is 8.08. The van der Waals surface area contributed by atoms with Gasteiger partial charge in [0.15, 0.2) is 0 Å². The maximum atomic E-state index is 14.0. The Hall–Kier alpha value is -5.22. The van der Waals surface area contributed by atoms with Crippen molar-refractivity contribution in [1.29, 1.82) is 0 Å². The Labute approximate surface area is 395 Å². The van der Waals surface area contributed by atoms with E-state index in [0.717, 1.165) is 57.4 Å². The zero-order chi connectivity index (χ0) is 48.0. The Balaban J connectivity index is 0.000000809. The number of carbonyl (C=O) groups excluding carboxylic acids is 4. The Bertz CT molecular complexity index is 2280. The third-order valence-electron chi connectivity index (χ3n) is 12.2. The lowest BCUT2D eigenvalue weighted by Gasteiger charge is -2.33. The number of amides is 3. The van der Waals surface area contributed by atoms with Crippen LogP contribution in [0.15, 0.2) is 66.2 Å². The highest BCUT2D eigenvalue weighted by atomic mass is 32.2. The van der Waals surface area contributed by atoms with Crippen LogP contribution in [0, 0.1) is 11.3 Å². The lowest BCUT2D eigenvalue weighted by atomic mass is 9.84. The van der Waals surface area contributed by atoms with E-state index in [1.54, 1.807) is 37.5 Å². The van der Waals surface area contributed by atoms with Crippen LogP contribution in [-0.2, 0) is 48.0 Å². The fourth-order valence-electron chi connectivity index (χ4n) is 8.94. The van der Waals surface area contributed by atoms with E-state index in [2.05, 4.69) is 77.0 Å². The number of hydrogen-bond acceptors (Lipinski definition) is 11. The molecule has 66 heavy (non-hydrogen) atoms. The molecule has 4 heterocycles. The number of aryl methyl sites for hydroxylation is 1. The smallest absolute Gasteiger partial charge is 0.293 e. The number of hydrazine groups is 1. The van der Waals surface area contributed by atoms with Crippen molar-refractivity contribution in [3.05, 3.63) is 83.0 Å². The van der Waals surface area contributed by atoms with Crippen LogP contribution in [0.5, 0.6) is 5.75 Å². The van der Waals surface area contributed by atoms with Crippen LogP contribution in [0.2, 0.25) is 0 Å². The SMILES string of the molecule is C/C=C/SN1CCCC1.CCn1c(-c2cccnc2C(C)OC)c(CC(C)(C)COC=O)c2cc(-c3cc(O)cc(CC(NC(=O)C(C(C)C)N(C)C=O)C(=O)N4CCCCN4)c3)ccc21. The quantitative estimate of drug-likeness (QED) is 0.0582. The van der Waals surface area contributed by atoms with Crippen molar-refractivity contribution in [2.45, 2.75) is 112 Å². The maximum absolute atomic E-state index is 14.0. The van der Waals surface area contributed by atoms with Gasteiger partial charge in [0.1, 0.15) is 17.8 Å². The number of benzene rings is 2. The van der Waals surface area contributed by atoms with Gasteiger partial charge < -0.3 is 29.4 Å². The first-order valence-electron chi connectivity index (χ1n) is 23.2. The Morgan fingerprint density at radius 3 is 2.41 bits per heavy atom. The third-order valence-corrected chi connectivity index (χ3v) is 13.2. The Kier molecular flexibility index (Phi) is 19.2. The number of nitrogens with one attached hydrogen (secondary N) is 2. The number of hydrogen-bond donors (Lipinski definition) is 3. The van der Waals surface area contributed by atoms with Gasteiger partial charge in [-0.2, -0.15) is 0 Å². The molecular formula is C51H71N7O7S. The first-order chi connectivity index (χ1) is 31.7. The van der Waals surface area contributed by atoms with Crippen LogP contribution in [0.3, 0.4) is 0 Å².